The smallest absolute Gasteiger partial charge is 0.250 e. The van der Waals surface area contributed by atoms with Crippen LogP contribution in [0.15, 0.2) is 38.5 Å². The predicted octanol–water partition coefficient (Wildman–Crippen LogP) is 2.32. The maximum absolute atomic E-state index is 12.1. The first kappa shape index (κ1) is 15.2. The van der Waals surface area contributed by atoms with Crippen LogP contribution in [0.4, 0.5) is 0 Å². The molecule has 0 unspecified atom stereocenters. The average Bonchev–Trinajstić information content (AvgIpc) is 3.05. The highest BCUT2D eigenvalue weighted by atomic mass is 32.2. The van der Waals surface area contributed by atoms with E-state index in [4.69, 9.17) is 4.42 Å². The normalized spacial score (nSPS) is 12.2. The van der Waals surface area contributed by atoms with Crippen molar-refractivity contribution in [2.24, 2.45) is 0 Å². The number of hydrogen-bond donors (Lipinski definition) is 2. The fourth-order valence-electron chi connectivity index (χ4n) is 1.56. The first-order valence-electron chi connectivity index (χ1n) is 6.30. The highest BCUT2D eigenvalue weighted by Crippen LogP contribution is 2.20. The minimum Gasteiger partial charge on any atom is -0.468 e. The Morgan fingerprint density at radius 3 is 2.80 bits per heavy atom. The van der Waals surface area contributed by atoms with E-state index in [2.05, 4.69) is 23.9 Å². The van der Waals surface area contributed by atoms with Gasteiger partial charge < -0.3 is 9.73 Å². The number of rotatable bonds is 7. The van der Waals surface area contributed by atoms with Gasteiger partial charge in [0.25, 0.3) is 0 Å². The number of sulfonamides is 1. The summed E-state index contributed by atoms with van der Waals surface area (Å²) in [4.78, 5) is 0. The maximum Gasteiger partial charge on any atom is 0.250 e. The summed E-state index contributed by atoms with van der Waals surface area (Å²) in [6, 6.07) is 5.52. The molecule has 110 valence electrons. The zero-order valence-corrected chi connectivity index (χ0v) is 13.1. The van der Waals surface area contributed by atoms with Gasteiger partial charge in [-0.1, -0.05) is 13.8 Å². The van der Waals surface area contributed by atoms with Crippen LogP contribution in [0.5, 0.6) is 0 Å². The summed E-state index contributed by atoms with van der Waals surface area (Å²) in [7, 11) is -3.47. The Morgan fingerprint density at radius 2 is 2.15 bits per heavy atom. The lowest BCUT2D eigenvalue weighted by Gasteiger charge is -2.05. The largest absolute Gasteiger partial charge is 0.468 e. The van der Waals surface area contributed by atoms with Crippen LogP contribution in [0.1, 0.15) is 25.2 Å². The summed E-state index contributed by atoms with van der Waals surface area (Å²) < 4.78 is 32.2. The Hall–Kier alpha value is -1.15. The quantitative estimate of drug-likeness (QED) is 0.823. The van der Waals surface area contributed by atoms with Gasteiger partial charge in [0.15, 0.2) is 0 Å². The van der Waals surface area contributed by atoms with Gasteiger partial charge in [0, 0.05) is 12.6 Å². The third-order valence-corrected chi connectivity index (χ3v) is 5.52. The van der Waals surface area contributed by atoms with Crippen molar-refractivity contribution in [3.05, 3.63) is 41.2 Å². The first-order chi connectivity index (χ1) is 9.47. The minimum absolute atomic E-state index is 0.160. The molecule has 5 nitrogen and oxygen atoms in total. The van der Waals surface area contributed by atoms with E-state index >= 15 is 0 Å². The standard InChI is InChI=1S/C13H18N2O3S2/c1-10(2)14-7-11-6-13(19-9-11)20(16,17)15-8-12-4-3-5-18-12/h3-6,9-10,14-15H,7-8H2,1-2H3. The number of hydrogen-bond acceptors (Lipinski definition) is 5. The summed E-state index contributed by atoms with van der Waals surface area (Å²) in [6.45, 7) is 4.93. The molecule has 0 bridgehead atoms. The molecule has 0 aromatic carbocycles. The van der Waals surface area contributed by atoms with E-state index in [1.54, 1.807) is 18.2 Å². The van der Waals surface area contributed by atoms with Crippen molar-refractivity contribution >= 4 is 21.4 Å². The number of thiophene rings is 1. The first-order valence-corrected chi connectivity index (χ1v) is 8.66. The number of furan rings is 1. The summed E-state index contributed by atoms with van der Waals surface area (Å²) in [5, 5.41) is 5.12. The minimum atomic E-state index is -3.47. The van der Waals surface area contributed by atoms with E-state index in [0.717, 1.165) is 5.56 Å². The van der Waals surface area contributed by atoms with Gasteiger partial charge in [0.1, 0.15) is 9.97 Å². The molecule has 0 atom stereocenters. The van der Waals surface area contributed by atoms with Gasteiger partial charge in [-0.2, -0.15) is 0 Å². The van der Waals surface area contributed by atoms with E-state index in [1.165, 1.54) is 17.6 Å². The summed E-state index contributed by atoms with van der Waals surface area (Å²) in [5.41, 5.74) is 0.974. The third-order valence-electron chi connectivity index (χ3n) is 2.63. The molecule has 0 amide bonds. The van der Waals surface area contributed by atoms with Crippen molar-refractivity contribution in [2.75, 3.05) is 0 Å². The molecule has 0 saturated carbocycles. The fourth-order valence-corrected chi connectivity index (χ4v) is 3.81. The molecule has 0 fully saturated rings. The lowest BCUT2D eigenvalue weighted by molar-refractivity contribution is 0.499. The van der Waals surface area contributed by atoms with Crippen LogP contribution in [0.25, 0.3) is 0 Å². The van der Waals surface area contributed by atoms with E-state index in [1.807, 2.05) is 5.38 Å². The molecule has 0 spiro atoms. The van der Waals surface area contributed by atoms with Crippen LogP contribution in [0, 0.1) is 0 Å². The molecular formula is C13H18N2O3S2. The van der Waals surface area contributed by atoms with Crippen LogP contribution >= 0.6 is 11.3 Å². The van der Waals surface area contributed by atoms with Gasteiger partial charge in [-0.05, 0) is 29.1 Å². The molecule has 2 rings (SSSR count). The van der Waals surface area contributed by atoms with E-state index < -0.39 is 10.0 Å². The van der Waals surface area contributed by atoms with Crippen molar-refractivity contribution in [3.63, 3.8) is 0 Å². The van der Waals surface area contributed by atoms with Gasteiger partial charge >= 0.3 is 0 Å². The second-order valence-corrected chi connectivity index (χ2v) is 7.62. The highest BCUT2D eigenvalue weighted by molar-refractivity contribution is 7.91. The van der Waals surface area contributed by atoms with Crippen molar-refractivity contribution in [3.8, 4) is 0 Å². The van der Waals surface area contributed by atoms with Crippen LogP contribution in [0.3, 0.4) is 0 Å². The molecule has 2 aromatic rings. The van der Waals surface area contributed by atoms with E-state index in [0.29, 0.717) is 22.6 Å². The van der Waals surface area contributed by atoms with Crippen LogP contribution in [0.2, 0.25) is 0 Å². The van der Waals surface area contributed by atoms with Gasteiger partial charge in [-0.25, -0.2) is 13.1 Å². The zero-order chi connectivity index (χ0) is 14.6. The van der Waals surface area contributed by atoms with Gasteiger partial charge in [0.05, 0.1) is 12.8 Å². The van der Waals surface area contributed by atoms with Gasteiger partial charge in [0.2, 0.25) is 10.0 Å². The topological polar surface area (TPSA) is 71.3 Å². The monoisotopic (exact) mass is 314 g/mol. The predicted molar refractivity (Wildman–Crippen MR) is 79.0 cm³/mol. The molecule has 0 aliphatic rings. The van der Waals surface area contributed by atoms with Gasteiger partial charge in [-0.3, -0.25) is 0 Å². The lowest BCUT2D eigenvalue weighted by atomic mass is 10.3. The molecule has 2 aromatic heterocycles. The molecule has 20 heavy (non-hydrogen) atoms. The summed E-state index contributed by atoms with van der Waals surface area (Å²) in [6.07, 6.45) is 1.52. The van der Waals surface area contributed by atoms with Gasteiger partial charge in [-0.15, -0.1) is 11.3 Å². The SMILES string of the molecule is CC(C)NCc1csc(S(=O)(=O)NCc2ccco2)c1. The third kappa shape index (κ3) is 4.17. The molecule has 7 heteroatoms. The van der Waals surface area contributed by atoms with E-state index in [9.17, 15) is 8.42 Å². The maximum atomic E-state index is 12.1. The second kappa shape index (κ2) is 6.53. The Balaban J connectivity index is 1.98. The molecule has 2 N–H and O–H groups in total. The molecule has 2 heterocycles. The highest BCUT2D eigenvalue weighted by Gasteiger charge is 2.17. The Kier molecular flexibility index (Phi) is 4.98. The summed E-state index contributed by atoms with van der Waals surface area (Å²) >= 11 is 1.22. The second-order valence-electron chi connectivity index (χ2n) is 4.71. The molecule has 0 aliphatic heterocycles. The Labute approximate surface area is 123 Å². The van der Waals surface area contributed by atoms with Crippen LogP contribution in [-0.4, -0.2) is 14.5 Å². The molecule has 0 radical (unpaired) electrons. The fraction of sp³-hybridized carbons (Fsp3) is 0.385. The van der Waals surface area contributed by atoms with Crippen molar-refractivity contribution in [1.29, 1.82) is 0 Å². The number of nitrogens with one attached hydrogen (secondary N) is 2. The zero-order valence-electron chi connectivity index (χ0n) is 11.4. The summed E-state index contributed by atoms with van der Waals surface area (Å²) in [5.74, 6) is 0.590. The van der Waals surface area contributed by atoms with Crippen molar-refractivity contribution in [1.82, 2.24) is 10.0 Å². The van der Waals surface area contributed by atoms with Crippen LogP contribution in [-0.2, 0) is 23.1 Å². The molecule has 0 saturated heterocycles. The van der Waals surface area contributed by atoms with Crippen molar-refractivity contribution < 1.29 is 12.8 Å². The molecule has 0 aliphatic carbocycles. The average molecular weight is 314 g/mol. The van der Waals surface area contributed by atoms with Crippen LogP contribution < -0.4 is 10.0 Å². The Morgan fingerprint density at radius 1 is 1.35 bits per heavy atom. The van der Waals surface area contributed by atoms with Crippen molar-refractivity contribution in [2.45, 2.75) is 37.2 Å². The Bertz CT molecular complexity index is 630. The van der Waals surface area contributed by atoms with E-state index in [-0.39, 0.29) is 6.54 Å². The lowest BCUT2D eigenvalue weighted by Crippen LogP contribution is -2.22. The molecular weight excluding hydrogens is 296 g/mol.